The van der Waals surface area contributed by atoms with E-state index in [2.05, 4.69) is 34.7 Å². The van der Waals surface area contributed by atoms with E-state index in [4.69, 9.17) is 21.2 Å². The van der Waals surface area contributed by atoms with Crippen LogP contribution in [0.1, 0.15) is 11.1 Å². The Labute approximate surface area is 191 Å². The fourth-order valence-electron chi connectivity index (χ4n) is 3.15. The van der Waals surface area contributed by atoms with Crippen molar-refractivity contribution in [1.82, 2.24) is 0 Å². The summed E-state index contributed by atoms with van der Waals surface area (Å²) < 4.78 is 5.94. The van der Waals surface area contributed by atoms with Gasteiger partial charge in [0, 0.05) is 10.7 Å². The molecule has 0 aromatic heterocycles. The van der Waals surface area contributed by atoms with E-state index in [0.717, 1.165) is 16.9 Å². The fourth-order valence-corrected chi connectivity index (χ4v) is 3.28. The Kier molecular flexibility index (Phi) is 7.00. The smallest absolute Gasteiger partial charge is 0.265 e. The van der Waals surface area contributed by atoms with E-state index in [9.17, 15) is 4.79 Å². The number of amides is 1. The summed E-state index contributed by atoms with van der Waals surface area (Å²) in [6.07, 6.45) is 1.55. The normalized spacial score (nSPS) is 10.9. The van der Waals surface area contributed by atoms with Gasteiger partial charge in [0.15, 0.2) is 6.61 Å². The van der Waals surface area contributed by atoms with E-state index in [1.54, 1.807) is 30.5 Å². The Morgan fingerprint density at radius 1 is 0.906 bits per heavy atom. The van der Waals surface area contributed by atoms with Gasteiger partial charge in [0.2, 0.25) is 0 Å². The van der Waals surface area contributed by atoms with E-state index in [-0.39, 0.29) is 12.5 Å². The van der Waals surface area contributed by atoms with Crippen LogP contribution in [0.5, 0.6) is 5.75 Å². The summed E-state index contributed by atoms with van der Waals surface area (Å²) in [6, 6.07) is 28.8. The number of anilines is 1. The van der Waals surface area contributed by atoms with Gasteiger partial charge < -0.3 is 14.9 Å². The first-order valence-corrected chi connectivity index (χ1v) is 10.5. The molecule has 0 atom stereocenters. The van der Waals surface area contributed by atoms with Crippen LogP contribution in [0, 0.1) is 0 Å². The average molecular weight is 445 g/mol. The molecule has 4 rings (SSSR count). The van der Waals surface area contributed by atoms with Crippen LogP contribution in [0.3, 0.4) is 0 Å². The molecule has 5 nitrogen and oxygen atoms in total. The molecule has 4 aromatic carbocycles. The monoisotopic (exact) mass is 444 g/mol. The highest BCUT2D eigenvalue weighted by Gasteiger charge is 2.03. The zero-order valence-electron chi connectivity index (χ0n) is 17.2. The standard InChI is InChI=1S/C26H21ClN2O3/c27-22-10-12-23(13-11-22)29-26(30)18-32-28-16-19-8-14-24(15-9-19)31-17-21-6-3-5-20-4-1-2-7-25(20)21/h1-16H,17-18H2,(H,29,30). The molecule has 0 aliphatic rings. The van der Waals surface area contributed by atoms with E-state index < -0.39 is 0 Å². The van der Waals surface area contributed by atoms with Gasteiger partial charge in [-0.2, -0.15) is 0 Å². The highest BCUT2D eigenvalue weighted by molar-refractivity contribution is 6.30. The molecule has 0 bridgehead atoms. The predicted octanol–water partition coefficient (Wildman–Crippen LogP) is 6.06. The number of halogens is 1. The molecule has 0 fully saturated rings. The molecule has 1 N–H and O–H groups in total. The lowest BCUT2D eigenvalue weighted by atomic mass is 10.1. The van der Waals surface area contributed by atoms with Gasteiger partial charge in [-0.1, -0.05) is 59.2 Å². The van der Waals surface area contributed by atoms with Gasteiger partial charge in [-0.25, -0.2) is 0 Å². The molecule has 0 spiro atoms. The number of nitrogens with zero attached hydrogens (tertiary/aromatic N) is 1. The second kappa shape index (κ2) is 10.5. The van der Waals surface area contributed by atoms with Crippen molar-refractivity contribution < 1.29 is 14.4 Å². The minimum absolute atomic E-state index is 0.189. The third kappa shape index (κ3) is 5.86. The molecule has 32 heavy (non-hydrogen) atoms. The Morgan fingerprint density at radius 2 is 1.66 bits per heavy atom. The first kappa shape index (κ1) is 21.4. The predicted molar refractivity (Wildman–Crippen MR) is 128 cm³/mol. The molecule has 0 aliphatic carbocycles. The van der Waals surface area contributed by atoms with Crippen molar-refractivity contribution in [2.75, 3.05) is 11.9 Å². The molecular formula is C26H21ClN2O3. The van der Waals surface area contributed by atoms with Crippen LogP contribution < -0.4 is 10.1 Å². The maximum Gasteiger partial charge on any atom is 0.265 e. The number of rotatable bonds is 8. The van der Waals surface area contributed by atoms with Crippen LogP contribution in [0.2, 0.25) is 5.02 Å². The molecule has 0 saturated carbocycles. The molecule has 0 radical (unpaired) electrons. The van der Waals surface area contributed by atoms with E-state index >= 15 is 0 Å². The summed E-state index contributed by atoms with van der Waals surface area (Å²) in [7, 11) is 0. The molecule has 6 heteroatoms. The van der Waals surface area contributed by atoms with Gasteiger partial charge in [-0.15, -0.1) is 0 Å². The van der Waals surface area contributed by atoms with Crippen molar-refractivity contribution in [1.29, 1.82) is 0 Å². The topological polar surface area (TPSA) is 59.9 Å². The van der Waals surface area contributed by atoms with Gasteiger partial charge in [-0.3, -0.25) is 4.79 Å². The van der Waals surface area contributed by atoms with Crippen molar-refractivity contribution in [2.45, 2.75) is 6.61 Å². The summed E-state index contributed by atoms with van der Waals surface area (Å²) in [5.74, 6) is 0.458. The summed E-state index contributed by atoms with van der Waals surface area (Å²) in [5, 5.41) is 9.54. The third-order valence-electron chi connectivity index (χ3n) is 4.75. The van der Waals surface area contributed by atoms with Crippen molar-refractivity contribution >= 4 is 40.2 Å². The van der Waals surface area contributed by atoms with Gasteiger partial charge in [0.25, 0.3) is 5.91 Å². The Hall–Kier alpha value is -3.83. The van der Waals surface area contributed by atoms with E-state index in [1.165, 1.54) is 10.8 Å². The number of carbonyl (C=O) groups excluding carboxylic acids is 1. The lowest BCUT2D eigenvalue weighted by molar-refractivity contribution is -0.120. The van der Waals surface area contributed by atoms with Crippen LogP contribution in [-0.4, -0.2) is 18.7 Å². The number of fused-ring (bicyclic) bond motifs is 1. The number of nitrogens with one attached hydrogen (secondary N) is 1. The maximum absolute atomic E-state index is 11.9. The SMILES string of the molecule is O=C(CON=Cc1ccc(OCc2cccc3ccccc23)cc1)Nc1ccc(Cl)cc1. The van der Waals surface area contributed by atoms with Gasteiger partial charge >= 0.3 is 0 Å². The minimum Gasteiger partial charge on any atom is -0.489 e. The number of ether oxygens (including phenoxy) is 1. The molecule has 0 unspecified atom stereocenters. The quantitative estimate of drug-likeness (QED) is 0.265. The molecule has 0 saturated heterocycles. The van der Waals surface area contributed by atoms with Crippen LogP contribution >= 0.6 is 11.6 Å². The molecular weight excluding hydrogens is 424 g/mol. The second-order valence-corrected chi connectivity index (χ2v) is 7.50. The lowest BCUT2D eigenvalue weighted by Crippen LogP contribution is -2.16. The van der Waals surface area contributed by atoms with E-state index in [0.29, 0.717) is 17.3 Å². The summed E-state index contributed by atoms with van der Waals surface area (Å²) in [6.45, 7) is 0.298. The van der Waals surface area contributed by atoms with Crippen LogP contribution in [0.4, 0.5) is 5.69 Å². The van der Waals surface area contributed by atoms with Crippen LogP contribution in [0.15, 0.2) is 96.2 Å². The highest BCUT2D eigenvalue weighted by atomic mass is 35.5. The first-order valence-electron chi connectivity index (χ1n) is 10.1. The Morgan fingerprint density at radius 3 is 2.47 bits per heavy atom. The van der Waals surface area contributed by atoms with Crippen LogP contribution in [-0.2, 0) is 16.2 Å². The van der Waals surface area contributed by atoms with Gasteiger partial charge in [0.1, 0.15) is 12.4 Å². The van der Waals surface area contributed by atoms with Crippen molar-refractivity contribution in [2.24, 2.45) is 5.16 Å². The zero-order chi connectivity index (χ0) is 22.2. The highest BCUT2D eigenvalue weighted by Crippen LogP contribution is 2.21. The lowest BCUT2D eigenvalue weighted by Gasteiger charge is -2.09. The molecule has 1 amide bonds. The maximum atomic E-state index is 11.9. The summed E-state index contributed by atoms with van der Waals surface area (Å²) in [4.78, 5) is 16.9. The van der Waals surface area contributed by atoms with Gasteiger partial charge in [-0.05, 0) is 70.4 Å². The summed E-state index contributed by atoms with van der Waals surface area (Å²) in [5.41, 5.74) is 2.62. The number of hydrogen-bond donors (Lipinski definition) is 1. The zero-order valence-corrected chi connectivity index (χ0v) is 18.0. The second-order valence-electron chi connectivity index (χ2n) is 7.06. The summed E-state index contributed by atoms with van der Waals surface area (Å²) >= 11 is 5.82. The molecule has 4 aromatic rings. The number of carbonyl (C=O) groups is 1. The van der Waals surface area contributed by atoms with Crippen LogP contribution in [0.25, 0.3) is 10.8 Å². The Bertz CT molecular complexity index is 1220. The van der Waals surface area contributed by atoms with Crippen molar-refractivity contribution in [3.05, 3.63) is 107 Å². The molecule has 0 aliphatic heterocycles. The van der Waals surface area contributed by atoms with Crippen molar-refractivity contribution in [3.63, 3.8) is 0 Å². The number of oxime groups is 1. The van der Waals surface area contributed by atoms with Crippen molar-refractivity contribution in [3.8, 4) is 5.75 Å². The van der Waals surface area contributed by atoms with E-state index in [1.807, 2.05) is 42.5 Å². The minimum atomic E-state index is -0.304. The Balaban J connectivity index is 1.25. The number of hydrogen-bond acceptors (Lipinski definition) is 4. The number of benzene rings is 4. The third-order valence-corrected chi connectivity index (χ3v) is 5.01. The molecule has 0 heterocycles. The fraction of sp³-hybridized carbons (Fsp3) is 0.0769. The molecule has 160 valence electrons. The average Bonchev–Trinajstić information content (AvgIpc) is 2.83. The first-order chi connectivity index (χ1) is 15.7. The van der Waals surface area contributed by atoms with Gasteiger partial charge in [0.05, 0.1) is 6.21 Å². The largest absolute Gasteiger partial charge is 0.489 e.